The SMILES string of the molecule is [2H]c1ccc(C(=O)C(O)c2ccccc2)cc1. The molecule has 2 aromatic carbocycles. The molecule has 0 amide bonds. The van der Waals surface area contributed by atoms with Crippen LogP contribution in [0.25, 0.3) is 0 Å². The average molecular weight is 213 g/mol. The first-order valence-electron chi connectivity index (χ1n) is 5.52. The van der Waals surface area contributed by atoms with Crippen molar-refractivity contribution >= 4 is 5.78 Å². The van der Waals surface area contributed by atoms with Crippen LogP contribution in [-0.4, -0.2) is 10.9 Å². The van der Waals surface area contributed by atoms with E-state index in [9.17, 15) is 9.90 Å². The predicted molar refractivity (Wildman–Crippen MR) is 62.2 cm³/mol. The summed E-state index contributed by atoms with van der Waals surface area (Å²) >= 11 is 0. The molecule has 0 aliphatic carbocycles. The number of Topliss-reactive ketones (excluding diaryl/α,β-unsaturated/α-hetero) is 1. The number of aliphatic hydroxyl groups excluding tert-OH is 1. The predicted octanol–water partition coefficient (Wildman–Crippen LogP) is 2.60. The Balaban J connectivity index is 2.23. The molecule has 16 heavy (non-hydrogen) atoms. The monoisotopic (exact) mass is 213 g/mol. The summed E-state index contributed by atoms with van der Waals surface area (Å²) in [6.07, 6.45) is -1.15. The zero-order valence-corrected chi connectivity index (χ0v) is 8.63. The van der Waals surface area contributed by atoms with E-state index in [-0.39, 0.29) is 5.78 Å². The minimum Gasteiger partial charge on any atom is -0.380 e. The van der Waals surface area contributed by atoms with Gasteiger partial charge in [0.2, 0.25) is 0 Å². The zero-order chi connectivity index (χ0) is 12.3. The number of benzene rings is 2. The van der Waals surface area contributed by atoms with E-state index in [4.69, 9.17) is 1.37 Å². The molecule has 0 fully saturated rings. The Bertz CT molecular complexity index is 506. The van der Waals surface area contributed by atoms with Crippen LogP contribution in [0.4, 0.5) is 0 Å². The molecule has 2 heteroatoms. The highest BCUT2D eigenvalue weighted by atomic mass is 16.3. The summed E-state index contributed by atoms with van der Waals surface area (Å²) in [5, 5.41) is 9.92. The van der Waals surface area contributed by atoms with Gasteiger partial charge in [-0.1, -0.05) is 60.6 Å². The molecule has 1 unspecified atom stereocenters. The normalized spacial score (nSPS) is 12.9. The van der Waals surface area contributed by atoms with E-state index in [1.165, 1.54) is 12.1 Å². The van der Waals surface area contributed by atoms with E-state index < -0.39 is 6.10 Å². The molecule has 0 heterocycles. The van der Waals surface area contributed by atoms with Gasteiger partial charge in [0.05, 0.1) is 1.37 Å². The summed E-state index contributed by atoms with van der Waals surface area (Å²) < 4.78 is 7.33. The molecule has 0 spiro atoms. The number of aliphatic hydroxyl groups is 1. The second-order valence-corrected chi connectivity index (χ2v) is 3.47. The third-order valence-corrected chi connectivity index (χ3v) is 2.37. The van der Waals surface area contributed by atoms with Crippen molar-refractivity contribution in [3.05, 3.63) is 71.8 Å². The van der Waals surface area contributed by atoms with Crippen LogP contribution in [0.15, 0.2) is 60.6 Å². The standard InChI is InChI=1S/C14H12O2/c15-13(11-7-3-1-4-8-11)14(16)12-9-5-2-6-10-12/h1-10,13,15H/i2D. The van der Waals surface area contributed by atoms with Crippen LogP contribution in [0.5, 0.6) is 0 Å². The Morgan fingerprint density at radius 1 is 1.06 bits per heavy atom. The Morgan fingerprint density at radius 2 is 1.69 bits per heavy atom. The quantitative estimate of drug-likeness (QED) is 0.796. The van der Waals surface area contributed by atoms with Gasteiger partial charge in [0.1, 0.15) is 6.10 Å². The van der Waals surface area contributed by atoms with Crippen LogP contribution in [0.3, 0.4) is 0 Å². The van der Waals surface area contributed by atoms with Crippen LogP contribution in [0.2, 0.25) is 0 Å². The van der Waals surface area contributed by atoms with Crippen LogP contribution in [0, 0.1) is 0 Å². The van der Waals surface area contributed by atoms with E-state index in [0.29, 0.717) is 17.2 Å². The molecule has 2 aromatic rings. The third-order valence-electron chi connectivity index (χ3n) is 2.37. The Labute approximate surface area is 95.6 Å². The van der Waals surface area contributed by atoms with E-state index in [1.54, 1.807) is 36.4 Å². The van der Waals surface area contributed by atoms with Crippen molar-refractivity contribution in [3.63, 3.8) is 0 Å². The van der Waals surface area contributed by atoms with Crippen LogP contribution in [0.1, 0.15) is 23.4 Å². The van der Waals surface area contributed by atoms with Crippen molar-refractivity contribution in [3.8, 4) is 0 Å². The van der Waals surface area contributed by atoms with Crippen LogP contribution >= 0.6 is 0 Å². The maximum Gasteiger partial charge on any atom is 0.195 e. The Kier molecular flexibility index (Phi) is 2.75. The lowest BCUT2D eigenvalue weighted by molar-refractivity contribution is 0.0747. The van der Waals surface area contributed by atoms with Crippen molar-refractivity contribution in [2.24, 2.45) is 0 Å². The number of carbonyl (C=O) groups excluding carboxylic acids is 1. The second-order valence-electron chi connectivity index (χ2n) is 3.47. The van der Waals surface area contributed by atoms with Crippen molar-refractivity contribution in [1.29, 1.82) is 0 Å². The summed E-state index contributed by atoms with van der Waals surface area (Å²) in [5.74, 6) is -0.351. The number of carbonyl (C=O) groups is 1. The summed E-state index contributed by atoms with van der Waals surface area (Å²) in [6, 6.07) is 15.3. The third kappa shape index (κ3) is 2.18. The fraction of sp³-hybridized carbons (Fsp3) is 0.0714. The van der Waals surface area contributed by atoms with Gasteiger partial charge in [-0.05, 0) is 5.56 Å². The first kappa shape index (κ1) is 9.31. The van der Waals surface area contributed by atoms with E-state index >= 15 is 0 Å². The lowest BCUT2D eigenvalue weighted by atomic mass is 10.0. The maximum absolute atomic E-state index is 11.9. The van der Waals surface area contributed by atoms with Crippen molar-refractivity contribution in [1.82, 2.24) is 0 Å². The molecule has 2 rings (SSSR count). The molecule has 80 valence electrons. The Hall–Kier alpha value is -1.93. The van der Waals surface area contributed by atoms with Gasteiger partial charge in [0, 0.05) is 5.56 Å². The fourth-order valence-corrected chi connectivity index (χ4v) is 1.50. The van der Waals surface area contributed by atoms with Crippen molar-refractivity contribution in [2.45, 2.75) is 6.10 Å². The minimum absolute atomic E-state index is 0.343. The fourth-order valence-electron chi connectivity index (χ4n) is 1.50. The maximum atomic E-state index is 11.9. The van der Waals surface area contributed by atoms with E-state index in [1.807, 2.05) is 6.07 Å². The molecule has 2 nitrogen and oxygen atoms in total. The largest absolute Gasteiger partial charge is 0.380 e. The van der Waals surface area contributed by atoms with Crippen LogP contribution < -0.4 is 0 Å². The number of ketones is 1. The van der Waals surface area contributed by atoms with Gasteiger partial charge in [-0.3, -0.25) is 4.79 Å². The number of rotatable bonds is 3. The minimum atomic E-state index is -1.15. The summed E-state index contributed by atoms with van der Waals surface area (Å²) in [7, 11) is 0. The van der Waals surface area contributed by atoms with Crippen molar-refractivity contribution in [2.75, 3.05) is 0 Å². The summed E-state index contributed by atoms with van der Waals surface area (Å²) in [4.78, 5) is 11.9. The van der Waals surface area contributed by atoms with E-state index in [2.05, 4.69) is 0 Å². The molecule has 0 aromatic heterocycles. The van der Waals surface area contributed by atoms with Gasteiger partial charge in [-0.2, -0.15) is 0 Å². The number of hydrogen-bond acceptors (Lipinski definition) is 2. The van der Waals surface area contributed by atoms with Gasteiger partial charge in [-0.15, -0.1) is 0 Å². The van der Waals surface area contributed by atoms with Gasteiger partial charge in [0.25, 0.3) is 0 Å². The second kappa shape index (κ2) is 4.73. The molecule has 0 aliphatic heterocycles. The average Bonchev–Trinajstić information content (AvgIpc) is 2.39. The molecule has 1 N–H and O–H groups in total. The highest BCUT2D eigenvalue weighted by Gasteiger charge is 2.18. The molecule has 0 bridgehead atoms. The topological polar surface area (TPSA) is 37.3 Å². The molecule has 0 aliphatic rings. The molecule has 0 saturated heterocycles. The zero-order valence-electron chi connectivity index (χ0n) is 9.63. The van der Waals surface area contributed by atoms with Gasteiger partial charge in [-0.25, -0.2) is 0 Å². The van der Waals surface area contributed by atoms with Gasteiger partial charge in [0.15, 0.2) is 5.78 Å². The van der Waals surface area contributed by atoms with Crippen molar-refractivity contribution < 1.29 is 11.3 Å². The summed E-state index contributed by atoms with van der Waals surface area (Å²) in [5.41, 5.74) is 0.991. The number of hydrogen-bond donors (Lipinski definition) is 1. The lowest BCUT2D eigenvalue weighted by Crippen LogP contribution is -2.11. The van der Waals surface area contributed by atoms with E-state index in [0.717, 1.165) is 0 Å². The molecule has 0 saturated carbocycles. The molecule has 0 radical (unpaired) electrons. The molecule has 1 atom stereocenters. The smallest absolute Gasteiger partial charge is 0.195 e. The van der Waals surface area contributed by atoms with Crippen LogP contribution in [-0.2, 0) is 0 Å². The highest BCUT2D eigenvalue weighted by molar-refractivity contribution is 5.99. The molecular weight excluding hydrogens is 200 g/mol. The first-order chi connectivity index (χ1) is 8.18. The highest BCUT2D eigenvalue weighted by Crippen LogP contribution is 2.17. The lowest BCUT2D eigenvalue weighted by Gasteiger charge is -2.09. The first-order valence-corrected chi connectivity index (χ1v) is 5.02. The Morgan fingerprint density at radius 3 is 2.31 bits per heavy atom. The van der Waals surface area contributed by atoms with Gasteiger partial charge < -0.3 is 5.11 Å². The summed E-state index contributed by atoms with van der Waals surface area (Å²) in [6.45, 7) is 0. The molecular formula is C14H12O2. The van der Waals surface area contributed by atoms with Gasteiger partial charge >= 0.3 is 0 Å².